The summed E-state index contributed by atoms with van der Waals surface area (Å²) >= 11 is 0. The topological polar surface area (TPSA) is 61.4 Å². The van der Waals surface area contributed by atoms with Gasteiger partial charge in [-0.15, -0.1) is 0 Å². The first-order valence-corrected chi connectivity index (χ1v) is 7.45. The molecule has 1 atom stereocenters. The third kappa shape index (κ3) is 4.17. The number of urea groups is 1. The first kappa shape index (κ1) is 15.8. The summed E-state index contributed by atoms with van der Waals surface area (Å²) in [5.74, 6) is 0.0379. The molecule has 1 saturated carbocycles. The number of carbonyl (C=O) groups is 1. The van der Waals surface area contributed by atoms with Crippen LogP contribution in [0.25, 0.3) is 0 Å². The monoisotopic (exact) mass is 294 g/mol. The molecule has 21 heavy (non-hydrogen) atoms. The van der Waals surface area contributed by atoms with Crippen LogP contribution in [0.5, 0.6) is 0 Å². The van der Waals surface area contributed by atoms with Crippen LogP contribution in [0.2, 0.25) is 0 Å². The highest BCUT2D eigenvalue weighted by Gasteiger charge is 2.45. The molecule has 1 aliphatic carbocycles. The van der Waals surface area contributed by atoms with Gasteiger partial charge in [-0.3, -0.25) is 0 Å². The molecule has 2 amide bonds. The highest BCUT2D eigenvalue weighted by atomic mass is 19.1. The number of aliphatic hydroxyl groups excluding tert-OH is 1. The lowest BCUT2D eigenvalue weighted by Gasteiger charge is -2.18. The number of benzene rings is 1. The van der Waals surface area contributed by atoms with Gasteiger partial charge in [0.05, 0.1) is 0 Å². The standard InChI is InChI=1S/C16H23FN2O2/c1-12(6-9-20)10-18-15(21)19-11-16(7-8-16)13-4-2-3-5-14(13)17/h2-5,12,20H,6-11H2,1H3,(H2,18,19,21). The van der Waals surface area contributed by atoms with Crippen LogP contribution in [0.1, 0.15) is 31.7 Å². The van der Waals surface area contributed by atoms with Gasteiger partial charge in [-0.05, 0) is 36.8 Å². The quantitative estimate of drug-likeness (QED) is 0.722. The van der Waals surface area contributed by atoms with E-state index in [4.69, 9.17) is 5.11 Å². The summed E-state index contributed by atoms with van der Waals surface area (Å²) in [5.41, 5.74) is 0.457. The van der Waals surface area contributed by atoms with E-state index >= 15 is 0 Å². The molecular weight excluding hydrogens is 271 g/mol. The Bertz CT molecular complexity index is 489. The van der Waals surface area contributed by atoms with Crippen molar-refractivity contribution in [1.82, 2.24) is 10.6 Å². The fourth-order valence-corrected chi connectivity index (χ4v) is 2.48. The normalized spacial score (nSPS) is 17.1. The average molecular weight is 294 g/mol. The number of aliphatic hydroxyl groups is 1. The first-order valence-electron chi connectivity index (χ1n) is 7.45. The molecule has 3 N–H and O–H groups in total. The van der Waals surface area contributed by atoms with Crippen LogP contribution in [0.3, 0.4) is 0 Å². The van der Waals surface area contributed by atoms with Crippen LogP contribution >= 0.6 is 0 Å². The molecular formula is C16H23FN2O2. The molecule has 1 aromatic carbocycles. The first-order chi connectivity index (χ1) is 10.1. The van der Waals surface area contributed by atoms with Crippen LogP contribution in [0.4, 0.5) is 9.18 Å². The zero-order valence-corrected chi connectivity index (χ0v) is 12.4. The summed E-state index contributed by atoms with van der Waals surface area (Å²) in [6.45, 7) is 3.08. The van der Waals surface area contributed by atoms with Crippen molar-refractivity contribution >= 4 is 6.03 Å². The zero-order chi connectivity index (χ0) is 15.3. The Kier molecular flexibility index (Phi) is 5.17. The molecule has 0 aromatic heterocycles. The van der Waals surface area contributed by atoms with Crippen molar-refractivity contribution < 1.29 is 14.3 Å². The van der Waals surface area contributed by atoms with Gasteiger partial charge < -0.3 is 15.7 Å². The summed E-state index contributed by atoms with van der Waals surface area (Å²) < 4.78 is 13.8. The van der Waals surface area contributed by atoms with E-state index < -0.39 is 0 Å². The Balaban J connectivity index is 1.80. The number of nitrogens with one attached hydrogen (secondary N) is 2. The van der Waals surface area contributed by atoms with Gasteiger partial charge in [0, 0.05) is 25.1 Å². The van der Waals surface area contributed by atoms with Crippen LogP contribution in [-0.2, 0) is 5.41 Å². The average Bonchev–Trinajstić information content (AvgIpc) is 3.25. The lowest BCUT2D eigenvalue weighted by Crippen LogP contribution is -2.41. The van der Waals surface area contributed by atoms with Crippen molar-refractivity contribution in [1.29, 1.82) is 0 Å². The van der Waals surface area contributed by atoms with E-state index in [1.807, 2.05) is 13.0 Å². The number of rotatable bonds is 7. The molecule has 1 aromatic rings. The van der Waals surface area contributed by atoms with Crippen molar-refractivity contribution in [3.8, 4) is 0 Å². The Morgan fingerprint density at radius 3 is 2.71 bits per heavy atom. The molecule has 4 nitrogen and oxygen atoms in total. The predicted molar refractivity (Wildman–Crippen MR) is 79.6 cm³/mol. The number of hydrogen-bond acceptors (Lipinski definition) is 2. The molecule has 1 fully saturated rings. The van der Waals surface area contributed by atoms with E-state index in [2.05, 4.69) is 10.6 Å². The molecule has 1 unspecified atom stereocenters. The Hall–Kier alpha value is -1.62. The molecule has 0 heterocycles. The third-order valence-electron chi connectivity index (χ3n) is 4.12. The van der Waals surface area contributed by atoms with Crippen molar-refractivity contribution in [2.24, 2.45) is 5.92 Å². The van der Waals surface area contributed by atoms with Crippen molar-refractivity contribution in [3.63, 3.8) is 0 Å². The molecule has 5 heteroatoms. The maximum Gasteiger partial charge on any atom is 0.314 e. The summed E-state index contributed by atoms with van der Waals surface area (Å²) in [7, 11) is 0. The second-order valence-corrected chi connectivity index (χ2v) is 5.94. The number of hydrogen-bond donors (Lipinski definition) is 3. The fraction of sp³-hybridized carbons (Fsp3) is 0.562. The highest BCUT2D eigenvalue weighted by Crippen LogP contribution is 2.48. The molecule has 2 rings (SSSR count). The minimum atomic E-state index is -0.237. The van der Waals surface area contributed by atoms with Gasteiger partial charge in [-0.25, -0.2) is 9.18 Å². The van der Waals surface area contributed by atoms with Crippen LogP contribution < -0.4 is 10.6 Å². The minimum absolute atomic E-state index is 0.126. The molecule has 1 aliphatic rings. The van der Waals surface area contributed by atoms with Crippen LogP contribution in [0.15, 0.2) is 24.3 Å². The summed E-state index contributed by atoms with van der Waals surface area (Å²) in [6.07, 6.45) is 2.46. The Labute approximate surface area is 124 Å². The lowest BCUT2D eigenvalue weighted by molar-refractivity contribution is 0.233. The highest BCUT2D eigenvalue weighted by molar-refractivity contribution is 5.74. The van der Waals surface area contributed by atoms with Crippen LogP contribution in [-0.4, -0.2) is 30.8 Å². The van der Waals surface area contributed by atoms with Gasteiger partial charge >= 0.3 is 6.03 Å². The zero-order valence-electron chi connectivity index (χ0n) is 12.4. The number of carbonyl (C=O) groups excluding carboxylic acids is 1. The Morgan fingerprint density at radius 2 is 2.10 bits per heavy atom. The number of halogens is 1. The largest absolute Gasteiger partial charge is 0.396 e. The molecule has 0 bridgehead atoms. The Morgan fingerprint density at radius 1 is 1.38 bits per heavy atom. The van der Waals surface area contributed by atoms with Gasteiger partial charge in [-0.1, -0.05) is 25.1 Å². The third-order valence-corrected chi connectivity index (χ3v) is 4.12. The molecule has 116 valence electrons. The van der Waals surface area contributed by atoms with E-state index in [9.17, 15) is 9.18 Å². The van der Waals surface area contributed by atoms with Gasteiger partial charge in [-0.2, -0.15) is 0 Å². The maximum atomic E-state index is 13.8. The maximum absolute atomic E-state index is 13.8. The molecule has 0 saturated heterocycles. The predicted octanol–water partition coefficient (Wildman–Crippen LogP) is 2.17. The fourth-order valence-electron chi connectivity index (χ4n) is 2.48. The molecule has 0 spiro atoms. The second kappa shape index (κ2) is 6.89. The van der Waals surface area contributed by atoms with Crippen LogP contribution in [0, 0.1) is 11.7 Å². The van der Waals surface area contributed by atoms with Crippen molar-refractivity contribution in [2.75, 3.05) is 19.7 Å². The summed E-state index contributed by atoms with van der Waals surface area (Å²) in [5, 5.41) is 14.4. The second-order valence-electron chi connectivity index (χ2n) is 5.94. The summed E-state index contributed by atoms with van der Waals surface area (Å²) in [4.78, 5) is 11.8. The van der Waals surface area contributed by atoms with E-state index in [-0.39, 0.29) is 29.8 Å². The van der Waals surface area contributed by atoms with E-state index in [0.29, 0.717) is 25.1 Å². The smallest absolute Gasteiger partial charge is 0.314 e. The summed E-state index contributed by atoms with van der Waals surface area (Å²) in [6, 6.07) is 6.53. The van der Waals surface area contributed by atoms with Crippen molar-refractivity contribution in [2.45, 2.75) is 31.6 Å². The van der Waals surface area contributed by atoms with Crippen molar-refractivity contribution in [3.05, 3.63) is 35.6 Å². The van der Waals surface area contributed by atoms with E-state index in [1.54, 1.807) is 12.1 Å². The molecule has 0 radical (unpaired) electrons. The van der Waals surface area contributed by atoms with E-state index in [1.165, 1.54) is 6.07 Å². The van der Waals surface area contributed by atoms with E-state index in [0.717, 1.165) is 12.8 Å². The molecule has 0 aliphatic heterocycles. The number of amides is 2. The van der Waals surface area contributed by atoms with Gasteiger partial charge in [0.2, 0.25) is 0 Å². The van der Waals surface area contributed by atoms with Gasteiger partial charge in [0.1, 0.15) is 5.82 Å². The SMILES string of the molecule is CC(CCO)CNC(=O)NCC1(c2ccccc2F)CC1. The van der Waals surface area contributed by atoms with Gasteiger partial charge in [0.25, 0.3) is 0 Å². The minimum Gasteiger partial charge on any atom is -0.396 e. The van der Waals surface area contributed by atoms with Gasteiger partial charge in [0.15, 0.2) is 0 Å². The lowest BCUT2D eigenvalue weighted by atomic mass is 9.95.